The molecule has 0 spiro atoms. The summed E-state index contributed by atoms with van der Waals surface area (Å²) in [6.07, 6.45) is -1.32. The SMILES string of the molecule is COc1ccc(C)cc1NC(=O)[C@H](OC(=O)CNC(=O)c1ccc(OC)c([N+](=O)[O-])c1)c1ccccc1. The van der Waals surface area contributed by atoms with Crippen LogP contribution in [0.3, 0.4) is 0 Å². The Balaban J connectivity index is 1.73. The Morgan fingerprint density at radius 3 is 2.27 bits per heavy atom. The first-order valence-corrected chi connectivity index (χ1v) is 11.0. The Morgan fingerprint density at radius 2 is 1.62 bits per heavy atom. The predicted octanol–water partition coefficient (Wildman–Crippen LogP) is 3.57. The van der Waals surface area contributed by atoms with E-state index in [1.165, 1.54) is 26.4 Å². The lowest BCUT2D eigenvalue weighted by Crippen LogP contribution is -2.33. The number of amides is 2. The molecule has 0 aliphatic heterocycles. The van der Waals surface area contributed by atoms with Crippen molar-refractivity contribution in [1.29, 1.82) is 0 Å². The van der Waals surface area contributed by atoms with Crippen molar-refractivity contribution in [3.05, 3.63) is 93.5 Å². The summed E-state index contributed by atoms with van der Waals surface area (Å²) in [6.45, 7) is 1.27. The molecule has 0 aliphatic carbocycles. The molecule has 192 valence electrons. The third-order valence-electron chi connectivity index (χ3n) is 5.23. The van der Waals surface area contributed by atoms with Gasteiger partial charge in [-0.3, -0.25) is 24.5 Å². The minimum Gasteiger partial charge on any atom is -0.495 e. The van der Waals surface area contributed by atoms with Crippen LogP contribution in [-0.2, 0) is 14.3 Å². The zero-order chi connectivity index (χ0) is 26.9. The summed E-state index contributed by atoms with van der Waals surface area (Å²) < 4.78 is 15.6. The van der Waals surface area contributed by atoms with E-state index in [1.807, 2.05) is 13.0 Å². The van der Waals surface area contributed by atoms with Gasteiger partial charge in [0.05, 0.1) is 24.8 Å². The lowest BCUT2D eigenvalue weighted by molar-refractivity contribution is -0.385. The second kappa shape index (κ2) is 12.2. The average molecular weight is 507 g/mol. The molecule has 0 aromatic heterocycles. The fourth-order valence-electron chi connectivity index (χ4n) is 3.42. The van der Waals surface area contributed by atoms with Gasteiger partial charge in [-0.25, -0.2) is 0 Å². The number of nitrogens with one attached hydrogen (secondary N) is 2. The van der Waals surface area contributed by atoms with Crippen LogP contribution in [0.2, 0.25) is 0 Å². The van der Waals surface area contributed by atoms with Crippen molar-refractivity contribution in [2.45, 2.75) is 13.0 Å². The average Bonchev–Trinajstić information content (AvgIpc) is 2.90. The van der Waals surface area contributed by atoms with Crippen molar-refractivity contribution >= 4 is 29.2 Å². The van der Waals surface area contributed by atoms with E-state index < -0.39 is 41.0 Å². The van der Waals surface area contributed by atoms with E-state index >= 15 is 0 Å². The highest BCUT2D eigenvalue weighted by molar-refractivity contribution is 5.99. The maximum Gasteiger partial charge on any atom is 0.326 e. The number of aryl methyl sites for hydroxylation is 1. The smallest absolute Gasteiger partial charge is 0.326 e. The van der Waals surface area contributed by atoms with Gasteiger partial charge in [0, 0.05) is 17.2 Å². The van der Waals surface area contributed by atoms with E-state index in [0.717, 1.165) is 11.6 Å². The van der Waals surface area contributed by atoms with Gasteiger partial charge in [-0.2, -0.15) is 0 Å². The van der Waals surface area contributed by atoms with E-state index in [9.17, 15) is 24.5 Å². The number of nitro groups is 1. The molecule has 0 aliphatic rings. The second-order valence-electron chi connectivity index (χ2n) is 7.80. The fraction of sp³-hybridized carbons (Fsp3) is 0.192. The van der Waals surface area contributed by atoms with Crippen molar-refractivity contribution in [3.63, 3.8) is 0 Å². The maximum absolute atomic E-state index is 13.1. The summed E-state index contributed by atoms with van der Waals surface area (Å²) in [5, 5.41) is 16.3. The Bertz CT molecular complexity index is 1310. The Labute approximate surface area is 212 Å². The highest BCUT2D eigenvalue weighted by Gasteiger charge is 2.26. The second-order valence-corrected chi connectivity index (χ2v) is 7.80. The molecule has 0 unspecified atom stereocenters. The van der Waals surface area contributed by atoms with Crippen LogP contribution in [0.1, 0.15) is 27.6 Å². The molecule has 0 heterocycles. The molecular weight excluding hydrogens is 482 g/mol. The van der Waals surface area contributed by atoms with Gasteiger partial charge in [-0.15, -0.1) is 0 Å². The molecule has 1 atom stereocenters. The van der Waals surface area contributed by atoms with Crippen molar-refractivity contribution in [1.82, 2.24) is 5.32 Å². The fourth-order valence-corrected chi connectivity index (χ4v) is 3.42. The van der Waals surface area contributed by atoms with E-state index in [-0.39, 0.29) is 11.3 Å². The third kappa shape index (κ3) is 6.82. The molecule has 0 bridgehead atoms. The highest BCUT2D eigenvalue weighted by Crippen LogP contribution is 2.29. The van der Waals surface area contributed by atoms with Gasteiger partial charge in [0.2, 0.25) is 6.10 Å². The summed E-state index contributed by atoms with van der Waals surface area (Å²) >= 11 is 0. The first-order valence-electron chi connectivity index (χ1n) is 11.0. The molecule has 0 saturated carbocycles. The Kier molecular flexibility index (Phi) is 8.76. The van der Waals surface area contributed by atoms with Gasteiger partial charge < -0.3 is 24.8 Å². The van der Waals surface area contributed by atoms with Crippen LogP contribution in [0.5, 0.6) is 11.5 Å². The van der Waals surface area contributed by atoms with Gasteiger partial charge in [-0.05, 0) is 36.8 Å². The van der Waals surface area contributed by atoms with E-state index in [1.54, 1.807) is 42.5 Å². The van der Waals surface area contributed by atoms with Crippen molar-refractivity contribution in [2.75, 3.05) is 26.1 Å². The summed E-state index contributed by atoms with van der Waals surface area (Å²) in [5.74, 6) is -1.84. The number of carbonyl (C=O) groups is 3. The standard InChI is InChI=1S/C26H25N3O8/c1-16-9-11-21(35-2)19(13-16)28-26(32)24(17-7-5-4-6-8-17)37-23(30)15-27-25(31)18-10-12-22(36-3)20(14-18)29(33)34/h4-14,24H,15H2,1-3H3,(H,27,31)(H,28,32)/t24-/m1/s1. The number of ether oxygens (including phenoxy) is 3. The number of hydrogen-bond acceptors (Lipinski definition) is 8. The summed E-state index contributed by atoms with van der Waals surface area (Å²) in [6, 6.07) is 17.3. The molecule has 0 saturated heterocycles. The molecule has 3 rings (SSSR count). The number of nitro benzene ring substituents is 1. The molecule has 3 aromatic rings. The Morgan fingerprint density at radius 1 is 0.946 bits per heavy atom. The van der Waals surface area contributed by atoms with Crippen LogP contribution in [0.4, 0.5) is 11.4 Å². The van der Waals surface area contributed by atoms with Crippen LogP contribution in [0.15, 0.2) is 66.7 Å². The molecule has 11 nitrogen and oxygen atoms in total. The quantitative estimate of drug-likeness (QED) is 0.241. The van der Waals surface area contributed by atoms with Crippen molar-refractivity contribution < 1.29 is 33.5 Å². The minimum absolute atomic E-state index is 0.0112. The predicted molar refractivity (Wildman–Crippen MR) is 134 cm³/mol. The molecule has 37 heavy (non-hydrogen) atoms. The summed E-state index contributed by atoms with van der Waals surface area (Å²) in [4.78, 5) is 48.7. The third-order valence-corrected chi connectivity index (χ3v) is 5.23. The number of carbonyl (C=O) groups excluding carboxylic acids is 3. The van der Waals surface area contributed by atoms with E-state index in [2.05, 4.69) is 10.6 Å². The van der Waals surface area contributed by atoms with Gasteiger partial charge in [0.15, 0.2) is 5.75 Å². The van der Waals surface area contributed by atoms with E-state index in [0.29, 0.717) is 17.0 Å². The molecule has 2 amide bonds. The van der Waals surface area contributed by atoms with Crippen molar-refractivity contribution in [2.24, 2.45) is 0 Å². The lowest BCUT2D eigenvalue weighted by atomic mass is 10.1. The zero-order valence-corrected chi connectivity index (χ0v) is 20.3. The minimum atomic E-state index is -1.32. The molecular formula is C26H25N3O8. The summed E-state index contributed by atoms with van der Waals surface area (Å²) in [7, 11) is 2.74. The van der Waals surface area contributed by atoms with Crippen LogP contribution in [0, 0.1) is 17.0 Å². The van der Waals surface area contributed by atoms with Gasteiger partial charge in [0.25, 0.3) is 11.8 Å². The van der Waals surface area contributed by atoms with Crippen LogP contribution in [-0.4, -0.2) is 43.5 Å². The first kappa shape index (κ1) is 26.7. The number of methoxy groups -OCH3 is 2. The number of esters is 1. The first-order chi connectivity index (χ1) is 17.7. The van der Waals surface area contributed by atoms with Crippen LogP contribution >= 0.6 is 0 Å². The molecule has 11 heteroatoms. The largest absolute Gasteiger partial charge is 0.495 e. The zero-order valence-electron chi connectivity index (χ0n) is 20.3. The monoisotopic (exact) mass is 507 g/mol. The van der Waals surface area contributed by atoms with Gasteiger partial charge in [-0.1, -0.05) is 36.4 Å². The van der Waals surface area contributed by atoms with Gasteiger partial charge >= 0.3 is 11.7 Å². The Hall–Kier alpha value is -4.93. The number of rotatable bonds is 10. The highest BCUT2D eigenvalue weighted by atomic mass is 16.6. The van der Waals surface area contributed by atoms with Crippen LogP contribution in [0.25, 0.3) is 0 Å². The normalized spacial score (nSPS) is 11.1. The number of anilines is 1. The lowest BCUT2D eigenvalue weighted by Gasteiger charge is -2.19. The summed E-state index contributed by atoms with van der Waals surface area (Å²) in [5.41, 5.74) is 1.25. The topological polar surface area (TPSA) is 146 Å². The van der Waals surface area contributed by atoms with Crippen molar-refractivity contribution in [3.8, 4) is 11.5 Å². The molecule has 3 aromatic carbocycles. The number of nitrogens with zero attached hydrogens (tertiary/aromatic N) is 1. The molecule has 2 N–H and O–H groups in total. The van der Waals surface area contributed by atoms with Crippen LogP contribution < -0.4 is 20.1 Å². The van der Waals surface area contributed by atoms with Gasteiger partial charge in [0.1, 0.15) is 12.3 Å². The maximum atomic E-state index is 13.1. The molecule has 0 fully saturated rings. The molecule has 0 radical (unpaired) electrons. The number of hydrogen-bond donors (Lipinski definition) is 2. The van der Waals surface area contributed by atoms with E-state index in [4.69, 9.17) is 14.2 Å². The number of benzene rings is 3.